The van der Waals surface area contributed by atoms with Crippen molar-refractivity contribution < 1.29 is 13.5 Å². The van der Waals surface area contributed by atoms with Crippen LogP contribution >= 0.6 is 0 Å². The summed E-state index contributed by atoms with van der Waals surface area (Å²) >= 11 is 0. The van der Waals surface area contributed by atoms with Gasteiger partial charge in [0.15, 0.2) is 0 Å². The largest absolute Gasteiger partial charge is 0.389 e. The second-order valence-electron chi connectivity index (χ2n) is 5.71. The van der Waals surface area contributed by atoms with Crippen LogP contribution in [0.1, 0.15) is 30.9 Å². The molecule has 0 saturated heterocycles. The molecule has 20 heavy (non-hydrogen) atoms. The maximum atomic E-state index is 11.9. The Morgan fingerprint density at radius 2 is 1.95 bits per heavy atom. The number of hydrogen-bond donors (Lipinski definition) is 2. The fraction of sp³-hybridized carbons (Fsp3) is 0.467. The zero-order chi connectivity index (χ0) is 14.8. The second kappa shape index (κ2) is 5.68. The van der Waals surface area contributed by atoms with Gasteiger partial charge in [-0.2, -0.15) is 0 Å². The summed E-state index contributed by atoms with van der Waals surface area (Å²) in [5.74, 6) is 0.214. The maximum absolute atomic E-state index is 11.9. The molecule has 0 heterocycles. The molecular formula is C15H21NO3S. The van der Waals surface area contributed by atoms with Crippen molar-refractivity contribution in [1.82, 2.24) is 4.72 Å². The summed E-state index contributed by atoms with van der Waals surface area (Å²) in [6.45, 7) is 3.71. The minimum absolute atomic E-state index is 0.0538. The van der Waals surface area contributed by atoms with E-state index >= 15 is 0 Å². The molecule has 0 unspecified atom stereocenters. The molecule has 1 atom stereocenters. The van der Waals surface area contributed by atoms with Crippen LogP contribution in [0.25, 0.3) is 6.08 Å². The lowest BCUT2D eigenvalue weighted by molar-refractivity contribution is 0.0423. The molecule has 1 aromatic carbocycles. The molecule has 1 fully saturated rings. The Hall–Kier alpha value is -1.17. The Bertz CT molecular complexity index is 584. The van der Waals surface area contributed by atoms with Crippen LogP contribution in [0, 0.1) is 12.8 Å². The van der Waals surface area contributed by atoms with Gasteiger partial charge in [-0.15, -0.1) is 0 Å². The molecule has 0 bridgehead atoms. The SMILES string of the molecule is Cc1ccc(/C=C/S(=O)(=O)NC[C@@](C)(O)C2CC2)cc1. The van der Waals surface area contributed by atoms with Crippen molar-refractivity contribution in [3.8, 4) is 0 Å². The van der Waals surface area contributed by atoms with Crippen molar-refractivity contribution in [2.45, 2.75) is 32.3 Å². The van der Waals surface area contributed by atoms with Gasteiger partial charge in [-0.25, -0.2) is 13.1 Å². The molecule has 0 aromatic heterocycles. The zero-order valence-electron chi connectivity index (χ0n) is 11.8. The Balaban J connectivity index is 1.94. The molecule has 0 spiro atoms. The van der Waals surface area contributed by atoms with Crippen LogP contribution in [0.4, 0.5) is 0 Å². The summed E-state index contributed by atoms with van der Waals surface area (Å²) in [7, 11) is -3.52. The lowest BCUT2D eigenvalue weighted by Crippen LogP contribution is -2.41. The first-order valence-electron chi connectivity index (χ1n) is 6.75. The standard InChI is InChI=1S/C15H21NO3S/c1-12-3-5-13(6-4-12)9-10-20(18,19)16-11-15(2,17)14-7-8-14/h3-6,9-10,14,16-17H,7-8,11H2,1-2H3/b10-9+/t15-/m1/s1. The van der Waals surface area contributed by atoms with Gasteiger partial charge < -0.3 is 5.11 Å². The monoisotopic (exact) mass is 295 g/mol. The van der Waals surface area contributed by atoms with Crippen molar-refractivity contribution in [3.05, 3.63) is 40.8 Å². The summed E-state index contributed by atoms with van der Waals surface area (Å²) in [5.41, 5.74) is 1.00. The van der Waals surface area contributed by atoms with E-state index in [9.17, 15) is 13.5 Å². The van der Waals surface area contributed by atoms with E-state index in [-0.39, 0.29) is 12.5 Å². The van der Waals surface area contributed by atoms with Crippen LogP contribution in [0.3, 0.4) is 0 Å². The first-order valence-corrected chi connectivity index (χ1v) is 8.30. The van der Waals surface area contributed by atoms with Crippen LogP contribution in [0.15, 0.2) is 29.7 Å². The van der Waals surface area contributed by atoms with Gasteiger partial charge in [0.2, 0.25) is 10.0 Å². The van der Waals surface area contributed by atoms with Gasteiger partial charge in [-0.3, -0.25) is 0 Å². The molecule has 1 saturated carbocycles. The van der Waals surface area contributed by atoms with E-state index in [1.165, 1.54) is 0 Å². The Kier molecular flexibility index (Phi) is 4.32. The van der Waals surface area contributed by atoms with Crippen molar-refractivity contribution >= 4 is 16.1 Å². The van der Waals surface area contributed by atoms with E-state index in [1.54, 1.807) is 13.0 Å². The molecule has 2 rings (SSSR count). The lowest BCUT2D eigenvalue weighted by Gasteiger charge is -2.22. The molecule has 0 amide bonds. The van der Waals surface area contributed by atoms with Gasteiger partial charge in [0, 0.05) is 12.0 Å². The maximum Gasteiger partial charge on any atom is 0.233 e. The average Bonchev–Trinajstić information content (AvgIpc) is 3.21. The summed E-state index contributed by atoms with van der Waals surface area (Å²) < 4.78 is 26.1. The van der Waals surface area contributed by atoms with Crippen LogP contribution in [0.2, 0.25) is 0 Å². The van der Waals surface area contributed by atoms with E-state index in [0.717, 1.165) is 29.4 Å². The van der Waals surface area contributed by atoms with Gasteiger partial charge in [-0.1, -0.05) is 29.8 Å². The van der Waals surface area contributed by atoms with Crippen molar-refractivity contribution in [3.63, 3.8) is 0 Å². The minimum Gasteiger partial charge on any atom is -0.389 e. The summed E-state index contributed by atoms with van der Waals surface area (Å²) in [5, 5.41) is 11.2. The molecule has 0 aliphatic heterocycles. The lowest BCUT2D eigenvalue weighted by atomic mass is 10.0. The van der Waals surface area contributed by atoms with E-state index in [0.29, 0.717) is 0 Å². The summed E-state index contributed by atoms with van der Waals surface area (Å²) in [6, 6.07) is 7.58. The third-order valence-electron chi connectivity index (χ3n) is 3.61. The molecule has 5 heteroatoms. The van der Waals surface area contributed by atoms with Gasteiger partial charge >= 0.3 is 0 Å². The quantitative estimate of drug-likeness (QED) is 0.844. The second-order valence-corrected chi connectivity index (χ2v) is 7.36. The predicted octanol–water partition coefficient (Wildman–Crippen LogP) is 2.05. The van der Waals surface area contributed by atoms with E-state index in [2.05, 4.69) is 4.72 Å². The summed E-state index contributed by atoms with van der Waals surface area (Å²) in [6.07, 6.45) is 3.48. The van der Waals surface area contributed by atoms with E-state index < -0.39 is 15.6 Å². The highest BCUT2D eigenvalue weighted by Crippen LogP contribution is 2.39. The molecule has 0 radical (unpaired) electrons. The first kappa shape index (κ1) is 15.2. The van der Waals surface area contributed by atoms with Gasteiger partial charge in [0.05, 0.1) is 5.60 Å². The average molecular weight is 295 g/mol. The Labute approximate surface area is 120 Å². The molecule has 1 aliphatic carbocycles. The Morgan fingerprint density at radius 3 is 2.50 bits per heavy atom. The molecule has 1 aromatic rings. The molecule has 4 nitrogen and oxygen atoms in total. The highest BCUT2D eigenvalue weighted by Gasteiger charge is 2.40. The molecule has 2 N–H and O–H groups in total. The number of aliphatic hydroxyl groups is 1. The molecular weight excluding hydrogens is 274 g/mol. The fourth-order valence-corrected chi connectivity index (χ4v) is 2.92. The zero-order valence-corrected chi connectivity index (χ0v) is 12.7. The highest BCUT2D eigenvalue weighted by molar-refractivity contribution is 7.92. The number of rotatable bonds is 6. The third kappa shape index (κ3) is 4.44. The van der Waals surface area contributed by atoms with E-state index in [1.807, 2.05) is 31.2 Å². The first-order chi connectivity index (χ1) is 9.28. The molecule has 110 valence electrons. The number of sulfonamides is 1. The van der Waals surface area contributed by atoms with Gasteiger partial charge in [-0.05, 0) is 44.2 Å². The van der Waals surface area contributed by atoms with Crippen molar-refractivity contribution in [1.29, 1.82) is 0 Å². The summed E-state index contributed by atoms with van der Waals surface area (Å²) in [4.78, 5) is 0. The van der Waals surface area contributed by atoms with Crippen LogP contribution in [0.5, 0.6) is 0 Å². The Morgan fingerprint density at radius 1 is 1.35 bits per heavy atom. The number of nitrogens with one attached hydrogen (secondary N) is 1. The van der Waals surface area contributed by atoms with Gasteiger partial charge in [0.25, 0.3) is 0 Å². The number of benzene rings is 1. The van der Waals surface area contributed by atoms with Gasteiger partial charge in [0.1, 0.15) is 0 Å². The smallest absolute Gasteiger partial charge is 0.233 e. The highest BCUT2D eigenvalue weighted by atomic mass is 32.2. The van der Waals surface area contributed by atoms with Crippen molar-refractivity contribution in [2.75, 3.05) is 6.54 Å². The van der Waals surface area contributed by atoms with E-state index in [4.69, 9.17) is 0 Å². The third-order valence-corrected chi connectivity index (χ3v) is 4.65. The van der Waals surface area contributed by atoms with Crippen LogP contribution in [-0.4, -0.2) is 25.7 Å². The fourth-order valence-electron chi connectivity index (χ4n) is 1.99. The topological polar surface area (TPSA) is 66.4 Å². The predicted molar refractivity (Wildman–Crippen MR) is 80.5 cm³/mol. The van der Waals surface area contributed by atoms with Crippen molar-refractivity contribution in [2.24, 2.45) is 5.92 Å². The van der Waals surface area contributed by atoms with Crippen LogP contribution in [-0.2, 0) is 10.0 Å². The van der Waals surface area contributed by atoms with Crippen LogP contribution < -0.4 is 4.72 Å². The number of hydrogen-bond acceptors (Lipinski definition) is 3. The molecule has 1 aliphatic rings. The minimum atomic E-state index is -3.52. The normalized spacial score (nSPS) is 19.1. The number of aryl methyl sites for hydroxylation is 1.